The molecule has 0 saturated carbocycles. The first-order chi connectivity index (χ1) is 9.78. The minimum atomic E-state index is 0.448. The van der Waals surface area contributed by atoms with Crippen molar-refractivity contribution in [2.75, 3.05) is 24.3 Å². The molecule has 1 fully saturated rings. The van der Waals surface area contributed by atoms with Crippen LogP contribution in [0.15, 0.2) is 48.5 Å². The average molecular weight is 268 g/mol. The zero-order valence-corrected chi connectivity index (χ0v) is 11.8. The number of hydrogen-bond donors (Lipinski definition) is 1. The molecular formula is C17H20N2O. The molecule has 0 amide bonds. The van der Waals surface area contributed by atoms with E-state index in [2.05, 4.69) is 29.2 Å². The number of hydrogen-bond acceptors (Lipinski definition) is 3. The van der Waals surface area contributed by atoms with Crippen molar-refractivity contribution in [3.05, 3.63) is 54.1 Å². The Balaban J connectivity index is 1.86. The van der Waals surface area contributed by atoms with Crippen molar-refractivity contribution in [3.63, 3.8) is 0 Å². The van der Waals surface area contributed by atoms with Crippen molar-refractivity contribution in [1.29, 1.82) is 0 Å². The van der Waals surface area contributed by atoms with Crippen LogP contribution in [0.25, 0.3) is 0 Å². The summed E-state index contributed by atoms with van der Waals surface area (Å²) < 4.78 is 5.22. The molecular weight excluding hydrogens is 248 g/mol. The number of rotatable bonds is 3. The molecule has 1 atom stereocenters. The quantitative estimate of drug-likeness (QED) is 0.864. The van der Waals surface area contributed by atoms with Gasteiger partial charge in [0.25, 0.3) is 0 Å². The van der Waals surface area contributed by atoms with E-state index in [1.807, 2.05) is 24.3 Å². The number of methoxy groups -OCH3 is 1. The van der Waals surface area contributed by atoms with Crippen molar-refractivity contribution in [2.45, 2.75) is 18.9 Å². The number of ether oxygens (including phenoxy) is 1. The van der Waals surface area contributed by atoms with Crippen LogP contribution in [0, 0.1) is 0 Å². The maximum absolute atomic E-state index is 5.78. The molecule has 1 aliphatic rings. The Morgan fingerprint density at radius 2 is 1.75 bits per heavy atom. The van der Waals surface area contributed by atoms with Crippen LogP contribution in [0.1, 0.15) is 24.4 Å². The normalized spacial score (nSPS) is 18.2. The second kappa shape index (κ2) is 5.45. The smallest absolute Gasteiger partial charge is 0.119 e. The summed E-state index contributed by atoms with van der Waals surface area (Å²) in [6.07, 6.45) is 2.41. The lowest BCUT2D eigenvalue weighted by Gasteiger charge is -2.27. The highest BCUT2D eigenvalue weighted by atomic mass is 16.5. The molecule has 0 spiro atoms. The third kappa shape index (κ3) is 2.44. The molecule has 0 bridgehead atoms. The summed E-state index contributed by atoms with van der Waals surface area (Å²) in [5.74, 6) is 0.900. The van der Waals surface area contributed by atoms with Gasteiger partial charge < -0.3 is 15.4 Å². The summed E-state index contributed by atoms with van der Waals surface area (Å²) in [5, 5.41) is 0. The van der Waals surface area contributed by atoms with Crippen LogP contribution in [0.3, 0.4) is 0 Å². The minimum Gasteiger partial charge on any atom is -0.497 e. The van der Waals surface area contributed by atoms with Crippen molar-refractivity contribution >= 4 is 11.4 Å². The van der Waals surface area contributed by atoms with E-state index >= 15 is 0 Å². The first kappa shape index (κ1) is 12.9. The molecule has 1 aliphatic heterocycles. The number of nitrogens with two attached hydrogens (primary N) is 1. The number of benzene rings is 2. The summed E-state index contributed by atoms with van der Waals surface area (Å²) in [6, 6.07) is 17.0. The molecule has 104 valence electrons. The second-order valence-electron chi connectivity index (χ2n) is 5.22. The Morgan fingerprint density at radius 1 is 1.05 bits per heavy atom. The first-order valence-electron chi connectivity index (χ1n) is 7.04. The van der Waals surface area contributed by atoms with Gasteiger partial charge in [-0.2, -0.15) is 0 Å². The van der Waals surface area contributed by atoms with E-state index in [-0.39, 0.29) is 0 Å². The predicted molar refractivity (Wildman–Crippen MR) is 83.2 cm³/mol. The van der Waals surface area contributed by atoms with Gasteiger partial charge in [-0.25, -0.2) is 0 Å². The van der Waals surface area contributed by atoms with Crippen LogP contribution < -0.4 is 15.4 Å². The molecule has 3 heteroatoms. The molecule has 1 unspecified atom stereocenters. The highest BCUT2D eigenvalue weighted by Crippen LogP contribution is 2.36. The Kier molecular flexibility index (Phi) is 3.50. The lowest BCUT2D eigenvalue weighted by atomic mass is 10.0. The predicted octanol–water partition coefficient (Wildman–Crippen LogP) is 3.62. The van der Waals surface area contributed by atoms with Crippen molar-refractivity contribution < 1.29 is 4.74 Å². The zero-order valence-electron chi connectivity index (χ0n) is 11.8. The van der Waals surface area contributed by atoms with E-state index < -0.39 is 0 Å². The van der Waals surface area contributed by atoms with Gasteiger partial charge in [0, 0.05) is 17.9 Å². The maximum Gasteiger partial charge on any atom is 0.119 e. The van der Waals surface area contributed by atoms with E-state index in [9.17, 15) is 0 Å². The van der Waals surface area contributed by atoms with Crippen molar-refractivity contribution in [3.8, 4) is 5.75 Å². The highest BCUT2D eigenvalue weighted by Gasteiger charge is 2.26. The van der Waals surface area contributed by atoms with Gasteiger partial charge in [0.15, 0.2) is 0 Å². The Bertz CT molecular complexity index is 563. The third-order valence-electron chi connectivity index (χ3n) is 3.98. The van der Waals surface area contributed by atoms with E-state index in [1.165, 1.54) is 24.1 Å². The molecule has 0 radical (unpaired) electrons. The number of anilines is 2. The standard InChI is InChI=1S/C17H20N2O/c1-20-16-10-8-15(9-11-16)19-12-2-3-17(19)13-4-6-14(18)7-5-13/h4-11,17H,2-3,12,18H2,1H3. The van der Waals surface area contributed by atoms with Gasteiger partial charge in [0.1, 0.15) is 5.75 Å². The number of nitrogens with zero attached hydrogens (tertiary/aromatic N) is 1. The van der Waals surface area contributed by atoms with E-state index in [1.54, 1.807) is 7.11 Å². The third-order valence-corrected chi connectivity index (χ3v) is 3.98. The molecule has 1 saturated heterocycles. The lowest BCUT2D eigenvalue weighted by molar-refractivity contribution is 0.415. The van der Waals surface area contributed by atoms with Crippen LogP contribution in [0.5, 0.6) is 5.75 Å². The maximum atomic E-state index is 5.78. The SMILES string of the molecule is COc1ccc(N2CCCC2c2ccc(N)cc2)cc1. The molecule has 1 heterocycles. The van der Waals surface area contributed by atoms with E-state index in [0.29, 0.717) is 6.04 Å². The lowest BCUT2D eigenvalue weighted by Crippen LogP contribution is -2.22. The molecule has 2 N–H and O–H groups in total. The van der Waals surface area contributed by atoms with E-state index in [4.69, 9.17) is 10.5 Å². The van der Waals surface area contributed by atoms with Gasteiger partial charge in [0.05, 0.1) is 13.2 Å². The van der Waals surface area contributed by atoms with Gasteiger partial charge in [-0.15, -0.1) is 0 Å². The number of nitrogen functional groups attached to an aromatic ring is 1. The van der Waals surface area contributed by atoms with Gasteiger partial charge in [-0.05, 0) is 54.8 Å². The molecule has 2 aromatic carbocycles. The molecule has 3 nitrogen and oxygen atoms in total. The Morgan fingerprint density at radius 3 is 2.40 bits per heavy atom. The summed E-state index contributed by atoms with van der Waals surface area (Å²) in [4.78, 5) is 2.46. The average Bonchev–Trinajstić information content (AvgIpc) is 2.97. The minimum absolute atomic E-state index is 0.448. The summed E-state index contributed by atoms with van der Waals surface area (Å²) >= 11 is 0. The van der Waals surface area contributed by atoms with Crippen LogP contribution in [-0.4, -0.2) is 13.7 Å². The van der Waals surface area contributed by atoms with E-state index in [0.717, 1.165) is 18.0 Å². The van der Waals surface area contributed by atoms with Crippen LogP contribution in [-0.2, 0) is 0 Å². The summed E-state index contributed by atoms with van der Waals surface area (Å²) in [7, 11) is 1.70. The Labute approximate surface area is 120 Å². The first-order valence-corrected chi connectivity index (χ1v) is 7.04. The fourth-order valence-corrected chi connectivity index (χ4v) is 2.91. The summed E-state index contributed by atoms with van der Waals surface area (Å²) in [6.45, 7) is 1.10. The molecule has 20 heavy (non-hydrogen) atoms. The van der Waals surface area contributed by atoms with Crippen molar-refractivity contribution in [1.82, 2.24) is 0 Å². The second-order valence-corrected chi connectivity index (χ2v) is 5.22. The van der Waals surface area contributed by atoms with Crippen molar-refractivity contribution in [2.24, 2.45) is 0 Å². The van der Waals surface area contributed by atoms with Gasteiger partial charge in [0.2, 0.25) is 0 Å². The summed E-state index contributed by atoms with van der Waals surface area (Å²) in [5.41, 5.74) is 9.19. The van der Waals surface area contributed by atoms with Gasteiger partial charge in [-0.3, -0.25) is 0 Å². The molecule has 3 rings (SSSR count). The van der Waals surface area contributed by atoms with Gasteiger partial charge in [-0.1, -0.05) is 12.1 Å². The molecule has 0 aliphatic carbocycles. The Hall–Kier alpha value is -2.16. The fourth-order valence-electron chi connectivity index (χ4n) is 2.91. The van der Waals surface area contributed by atoms with Crippen LogP contribution in [0.2, 0.25) is 0 Å². The zero-order chi connectivity index (χ0) is 13.9. The topological polar surface area (TPSA) is 38.5 Å². The van der Waals surface area contributed by atoms with Crippen LogP contribution in [0.4, 0.5) is 11.4 Å². The largest absolute Gasteiger partial charge is 0.497 e. The van der Waals surface area contributed by atoms with Gasteiger partial charge >= 0.3 is 0 Å². The molecule has 0 aromatic heterocycles. The highest BCUT2D eigenvalue weighted by molar-refractivity contribution is 5.53. The fraction of sp³-hybridized carbons (Fsp3) is 0.294. The molecule has 2 aromatic rings. The monoisotopic (exact) mass is 268 g/mol. The van der Waals surface area contributed by atoms with Crippen LogP contribution >= 0.6 is 0 Å².